The van der Waals surface area contributed by atoms with Gasteiger partial charge in [-0.1, -0.05) is 23.2 Å². The van der Waals surface area contributed by atoms with Crippen LogP contribution in [0.3, 0.4) is 0 Å². The minimum atomic E-state index is -3.63. The molecule has 1 aromatic carbocycles. The normalized spacial score (nSPS) is 12.4. The zero-order chi connectivity index (χ0) is 14.1. The molecule has 0 aromatic heterocycles. The topological polar surface area (TPSA) is 37.4 Å². The molecule has 0 saturated carbocycles. The first kappa shape index (κ1) is 16.1. The van der Waals surface area contributed by atoms with Crippen LogP contribution in [0.2, 0.25) is 10.0 Å². The van der Waals surface area contributed by atoms with Gasteiger partial charge in [0.1, 0.15) is 4.90 Å². The average molecular weight is 331 g/mol. The first-order valence-corrected chi connectivity index (χ1v) is 7.97. The van der Waals surface area contributed by atoms with E-state index in [1.54, 1.807) is 13.8 Å². The largest absolute Gasteiger partial charge is 0.244 e. The van der Waals surface area contributed by atoms with Crippen LogP contribution >= 0.6 is 34.8 Å². The van der Waals surface area contributed by atoms with Crippen molar-refractivity contribution >= 4 is 44.8 Å². The minimum absolute atomic E-state index is 0.0282. The van der Waals surface area contributed by atoms with Crippen molar-refractivity contribution in [1.82, 2.24) is 4.31 Å². The van der Waals surface area contributed by atoms with Crippen LogP contribution < -0.4 is 0 Å². The Hall–Kier alpha value is -0.000000000000000167. The second kappa shape index (κ2) is 5.97. The van der Waals surface area contributed by atoms with Gasteiger partial charge in [0.25, 0.3) is 0 Å². The van der Waals surface area contributed by atoms with Crippen molar-refractivity contribution < 1.29 is 8.42 Å². The summed E-state index contributed by atoms with van der Waals surface area (Å²) in [5.74, 6) is 0.0619. The third-order valence-electron chi connectivity index (χ3n) is 2.67. The van der Waals surface area contributed by atoms with E-state index in [0.29, 0.717) is 10.6 Å². The fraction of sp³-hybridized carbons (Fsp3) is 0.455. The monoisotopic (exact) mass is 329 g/mol. The molecule has 0 heterocycles. The molecule has 0 aliphatic rings. The number of halogens is 3. The third kappa shape index (κ3) is 2.94. The van der Waals surface area contributed by atoms with Crippen molar-refractivity contribution in [2.45, 2.75) is 30.7 Å². The van der Waals surface area contributed by atoms with Crippen LogP contribution in [0.1, 0.15) is 19.4 Å². The molecule has 102 valence electrons. The first-order chi connectivity index (χ1) is 8.23. The highest BCUT2D eigenvalue weighted by atomic mass is 35.5. The van der Waals surface area contributed by atoms with Crippen molar-refractivity contribution in [2.24, 2.45) is 0 Å². The van der Waals surface area contributed by atoms with E-state index in [0.717, 1.165) is 0 Å². The predicted molar refractivity (Wildman–Crippen MR) is 76.1 cm³/mol. The molecule has 0 aliphatic heterocycles. The van der Waals surface area contributed by atoms with Crippen molar-refractivity contribution in [3.05, 3.63) is 27.7 Å². The number of alkyl halides is 1. The number of hydrogen-bond donors (Lipinski definition) is 0. The van der Waals surface area contributed by atoms with Crippen LogP contribution in [0.4, 0.5) is 0 Å². The summed E-state index contributed by atoms with van der Waals surface area (Å²) in [4.78, 5) is 0.0282. The van der Waals surface area contributed by atoms with Gasteiger partial charge in [0, 0.05) is 23.7 Å². The van der Waals surface area contributed by atoms with Crippen molar-refractivity contribution in [2.75, 3.05) is 7.05 Å². The molecule has 3 nitrogen and oxygen atoms in total. The second-order valence-electron chi connectivity index (χ2n) is 4.09. The average Bonchev–Trinajstić information content (AvgIpc) is 2.28. The highest BCUT2D eigenvalue weighted by Crippen LogP contribution is 2.33. The summed E-state index contributed by atoms with van der Waals surface area (Å²) in [7, 11) is -2.13. The van der Waals surface area contributed by atoms with Gasteiger partial charge in [-0.2, -0.15) is 4.31 Å². The standard InChI is InChI=1S/C11H14Cl3NO2S/c1-7(2)15(3)18(16,17)10-5-4-9(13)8(6-12)11(10)14/h4-5,7H,6H2,1-3H3. The van der Waals surface area contributed by atoms with E-state index in [1.165, 1.54) is 23.5 Å². The number of sulfonamides is 1. The predicted octanol–water partition coefficient (Wildman–Crippen LogP) is 3.76. The third-order valence-corrected chi connectivity index (χ3v) is 5.91. The highest BCUT2D eigenvalue weighted by molar-refractivity contribution is 7.89. The summed E-state index contributed by atoms with van der Waals surface area (Å²) in [5.41, 5.74) is 0.429. The molecule has 0 aliphatic carbocycles. The van der Waals surface area contributed by atoms with E-state index in [1.807, 2.05) is 0 Å². The maximum atomic E-state index is 12.3. The van der Waals surface area contributed by atoms with Crippen molar-refractivity contribution in [3.63, 3.8) is 0 Å². The Morgan fingerprint density at radius 2 is 1.83 bits per heavy atom. The van der Waals surface area contributed by atoms with E-state index in [2.05, 4.69) is 0 Å². The number of nitrogens with zero attached hydrogens (tertiary/aromatic N) is 1. The van der Waals surface area contributed by atoms with Gasteiger partial charge in [0.2, 0.25) is 10.0 Å². The quantitative estimate of drug-likeness (QED) is 0.788. The summed E-state index contributed by atoms with van der Waals surface area (Å²) >= 11 is 17.7. The molecule has 1 aromatic rings. The lowest BCUT2D eigenvalue weighted by atomic mass is 10.2. The van der Waals surface area contributed by atoms with E-state index >= 15 is 0 Å². The van der Waals surface area contributed by atoms with Crippen LogP contribution in [0, 0.1) is 0 Å². The molecule has 0 bridgehead atoms. The molecule has 0 N–H and O–H groups in total. The molecule has 0 amide bonds. The van der Waals surface area contributed by atoms with Gasteiger partial charge in [0.15, 0.2) is 0 Å². The van der Waals surface area contributed by atoms with Crippen LogP contribution in [0.5, 0.6) is 0 Å². The maximum Gasteiger partial charge on any atom is 0.244 e. The van der Waals surface area contributed by atoms with Gasteiger partial charge in [0.05, 0.1) is 10.9 Å². The molecule has 0 atom stereocenters. The minimum Gasteiger partial charge on any atom is -0.207 e. The summed E-state index contributed by atoms with van der Waals surface area (Å²) in [6, 6.07) is 2.72. The molecule has 0 unspecified atom stereocenters. The Bertz CT molecular complexity index is 543. The van der Waals surface area contributed by atoms with Crippen molar-refractivity contribution in [3.8, 4) is 0 Å². The maximum absolute atomic E-state index is 12.3. The van der Waals surface area contributed by atoms with Gasteiger partial charge >= 0.3 is 0 Å². The van der Waals surface area contributed by atoms with Gasteiger partial charge in [-0.05, 0) is 26.0 Å². The molecule has 0 saturated heterocycles. The Labute approximate surface area is 123 Å². The molecule has 0 fully saturated rings. The molecular formula is C11H14Cl3NO2S. The van der Waals surface area contributed by atoms with E-state index < -0.39 is 10.0 Å². The molecule has 7 heteroatoms. The smallest absolute Gasteiger partial charge is 0.207 e. The van der Waals surface area contributed by atoms with E-state index in [4.69, 9.17) is 34.8 Å². The summed E-state index contributed by atoms with van der Waals surface area (Å²) < 4.78 is 25.9. The van der Waals surface area contributed by atoms with Gasteiger partial charge in [-0.3, -0.25) is 0 Å². The summed E-state index contributed by atoms with van der Waals surface area (Å²) in [6.07, 6.45) is 0. The molecular weight excluding hydrogens is 317 g/mol. The summed E-state index contributed by atoms with van der Waals surface area (Å²) in [6.45, 7) is 3.56. The van der Waals surface area contributed by atoms with Gasteiger partial charge in [-0.25, -0.2) is 8.42 Å². The van der Waals surface area contributed by atoms with Crippen LogP contribution in [-0.4, -0.2) is 25.8 Å². The molecule has 0 spiro atoms. The zero-order valence-electron chi connectivity index (χ0n) is 10.2. The lowest BCUT2D eigenvalue weighted by Crippen LogP contribution is -2.33. The Balaban J connectivity index is 3.44. The number of benzene rings is 1. The fourth-order valence-electron chi connectivity index (χ4n) is 1.33. The summed E-state index contributed by atoms with van der Waals surface area (Å²) in [5, 5.41) is 0.450. The second-order valence-corrected chi connectivity index (χ2v) is 7.11. The Morgan fingerprint density at radius 1 is 1.28 bits per heavy atom. The Kier molecular flexibility index (Phi) is 5.32. The van der Waals surface area contributed by atoms with Crippen LogP contribution in [0.25, 0.3) is 0 Å². The molecule has 1 rings (SSSR count). The van der Waals surface area contributed by atoms with Crippen LogP contribution in [-0.2, 0) is 15.9 Å². The molecule has 0 radical (unpaired) electrons. The molecule has 18 heavy (non-hydrogen) atoms. The number of rotatable bonds is 4. The zero-order valence-corrected chi connectivity index (χ0v) is 13.3. The van der Waals surface area contributed by atoms with Gasteiger partial charge in [-0.15, -0.1) is 11.6 Å². The highest BCUT2D eigenvalue weighted by Gasteiger charge is 2.27. The lowest BCUT2D eigenvalue weighted by Gasteiger charge is -2.22. The van der Waals surface area contributed by atoms with Gasteiger partial charge < -0.3 is 0 Å². The van der Waals surface area contributed by atoms with E-state index in [-0.39, 0.29) is 21.8 Å². The SMILES string of the molecule is CC(C)N(C)S(=O)(=O)c1ccc(Cl)c(CCl)c1Cl. The van der Waals surface area contributed by atoms with Crippen LogP contribution in [0.15, 0.2) is 17.0 Å². The first-order valence-electron chi connectivity index (χ1n) is 5.24. The lowest BCUT2D eigenvalue weighted by molar-refractivity contribution is 0.410. The fourth-order valence-corrected chi connectivity index (χ4v) is 4.00. The van der Waals surface area contributed by atoms with Crippen molar-refractivity contribution in [1.29, 1.82) is 0 Å². The Morgan fingerprint density at radius 3 is 2.28 bits per heavy atom. The van der Waals surface area contributed by atoms with E-state index in [9.17, 15) is 8.42 Å². The number of hydrogen-bond acceptors (Lipinski definition) is 2.